The zero-order valence-corrected chi connectivity index (χ0v) is 15.7. The predicted molar refractivity (Wildman–Crippen MR) is 109 cm³/mol. The van der Waals surface area contributed by atoms with E-state index in [9.17, 15) is 0 Å². The van der Waals surface area contributed by atoms with E-state index in [-0.39, 0.29) is 5.92 Å². The third-order valence-electron chi connectivity index (χ3n) is 3.27. The first-order valence-corrected chi connectivity index (χ1v) is 10.3. The van der Waals surface area contributed by atoms with Gasteiger partial charge in [0.25, 0.3) is 0 Å². The van der Waals surface area contributed by atoms with Gasteiger partial charge in [0.15, 0.2) is 0 Å². The highest BCUT2D eigenvalue weighted by atomic mass is 28.3. The van der Waals surface area contributed by atoms with E-state index in [1.165, 1.54) is 0 Å². The van der Waals surface area contributed by atoms with Crippen molar-refractivity contribution in [1.29, 1.82) is 0 Å². The molecule has 0 amide bonds. The van der Waals surface area contributed by atoms with Crippen molar-refractivity contribution in [2.75, 3.05) is 0 Å². The summed E-state index contributed by atoms with van der Waals surface area (Å²) in [6, 6.07) is 0.941. The maximum Gasteiger partial charge on any atom is 0.234 e. The average Bonchev–Trinajstić information content (AvgIpc) is 2.66. The first-order chi connectivity index (χ1) is 12.9. The zero-order valence-electron chi connectivity index (χ0n) is 14.7. The topological polar surface area (TPSA) is 0 Å². The van der Waals surface area contributed by atoms with E-state index in [0.717, 1.165) is 12.5 Å². The molecule has 2 aliphatic heterocycles. The van der Waals surface area contributed by atoms with Crippen LogP contribution in [-0.2, 0) is 0 Å². The van der Waals surface area contributed by atoms with Crippen molar-refractivity contribution in [1.82, 2.24) is 0 Å². The Bertz CT molecular complexity index is 831. The smallest absolute Gasteiger partial charge is 0.115 e. The Kier molecular flexibility index (Phi) is 9.54. The summed E-state index contributed by atoms with van der Waals surface area (Å²) < 4.78 is 0. The molecule has 0 saturated heterocycles. The number of hydrogen-bond acceptors (Lipinski definition) is 0. The van der Waals surface area contributed by atoms with Crippen LogP contribution in [0.1, 0.15) is 44.9 Å². The first-order valence-electron chi connectivity index (χ1n) is 8.58. The van der Waals surface area contributed by atoms with Crippen LogP contribution in [-0.4, -0.2) is 8.80 Å². The Labute approximate surface area is 159 Å². The lowest BCUT2D eigenvalue weighted by atomic mass is 10.1. The summed E-state index contributed by atoms with van der Waals surface area (Å²) in [5.41, 5.74) is 6.68. The van der Waals surface area contributed by atoms with Gasteiger partial charge in [0.1, 0.15) is 0 Å². The van der Waals surface area contributed by atoms with Gasteiger partial charge in [-0.2, -0.15) is 0 Å². The van der Waals surface area contributed by atoms with Gasteiger partial charge in [0, 0.05) is 0 Å². The Morgan fingerprint density at radius 3 is 1.31 bits per heavy atom. The fraction of sp³-hybridized carbons (Fsp3) is 0.360. The average molecular weight is 345 g/mol. The van der Waals surface area contributed by atoms with E-state index in [1.807, 2.05) is 0 Å². The van der Waals surface area contributed by atoms with Crippen LogP contribution in [0.2, 0.25) is 6.04 Å². The van der Waals surface area contributed by atoms with Gasteiger partial charge < -0.3 is 0 Å². The largest absolute Gasteiger partial charge is 0.234 e. The molecule has 0 N–H and O–H groups in total. The lowest BCUT2D eigenvalue weighted by Gasteiger charge is -2.03. The molecule has 0 atom stereocenters. The van der Waals surface area contributed by atoms with Crippen LogP contribution >= 0.6 is 0 Å². The van der Waals surface area contributed by atoms with Gasteiger partial charge >= 0.3 is 0 Å². The van der Waals surface area contributed by atoms with Crippen molar-refractivity contribution in [2.24, 2.45) is 5.92 Å². The quantitative estimate of drug-likeness (QED) is 0.468. The SMILES string of the molecule is C1#CCC#CC2C#CCC#CCC#CCC#C[Si](C#CCC#CC1)CC2. The molecule has 1 radical (unpaired) electrons. The highest BCUT2D eigenvalue weighted by Gasteiger charge is 2.09. The van der Waals surface area contributed by atoms with Crippen LogP contribution in [0.4, 0.5) is 0 Å². The molecule has 2 bridgehead atoms. The van der Waals surface area contributed by atoms with Crippen LogP contribution < -0.4 is 0 Å². The Balaban J connectivity index is 2.27. The fourth-order valence-corrected chi connectivity index (χ4v) is 3.53. The van der Waals surface area contributed by atoms with Crippen LogP contribution in [0.25, 0.3) is 0 Å². The van der Waals surface area contributed by atoms with Gasteiger partial charge in [-0.1, -0.05) is 82.9 Å². The van der Waals surface area contributed by atoms with E-state index in [2.05, 4.69) is 94.0 Å². The van der Waals surface area contributed by atoms with E-state index >= 15 is 0 Å². The molecule has 0 aromatic carbocycles. The van der Waals surface area contributed by atoms with Gasteiger partial charge in [0.05, 0.1) is 44.4 Å². The van der Waals surface area contributed by atoms with Gasteiger partial charge in [-0.25, -0.2) is 0 Å². The summed E-state index contributed by atoms with van der Waals surface area (Å²) >= 11 is 0. The second-order valence-corrected chi connectivity index (χ2v) is 7.25. The molecule has 1 heteroatoms. The van der Waals surface area contributed by atoms with E-state index in [0.29, 0.717) is 38.5 Å². The normalized spacial score (nSPS) is 16.5. The van der Waals surface area contributed by atoms with Crippen molar-refractivity contribution in [2.45, 2.75) is 51.0 Å². The molecule has 0 aliphatic carbocycles. The molecule has 0 aromatic rings. The molecule has 0 nitrogen and oxygen atoms in total. The van der Waals surface area contributed by atoms with Gasteiger partial charge in [-0.05, 0) is 12.5 Å². The number of fused-ring (bicyclic) bond motifs is 3. The van der Waals surface area contributed by atoms with E-state index in [1.54, 1.807) is 0 Å². The molecular weight excluding hydrogens is 328 g/mol. The third kappa shape index (κ3) is 9.10. The third-order valence-corrected chi connectivity index (χ3v) is 5.02. The van der Waals surface area contributed by atoms with Crippen molar-refractivity contribution >= 4 is 8.80 Å². The van der Waals surface area contributed by atoms with Crippen molar-refractivity contribution in [3.8, 4) is 94.0 Å². The maximum absolute atomic E-state index is 3.34. The highest BCUT2D eigenvalue weighted by Crippen LogP contribution is 2.08. The minimum Gasteiger partial charge on any atom is -0.115 e. The fourth-order valence-electron chi connectivity index (χ4n) is 2.04. The summed E-state index contributed by atoms with van der Waals surface area (Å²) in [6.07, 6.45) is 4.30. The standard InChI is InChI=1S/C25H17Si/c1-3-7-11-15-19-25-20-16-12-8-4-2-6-10-14-18-23-26(24-21-25)22-17-13-9-5-1/h25H,1-2,11-14,21,24H2. The molecule has 2 aliphatic rings. The van der Waals surface area contributed by atoms with Gasteiger partial charge in [-0.15, -0.1) is 11.1 Å². The maximum atomic E-state index is 3.34. The zero-order chi connectivity index (χ0) is 18.1. The van der Waals surface area contributed by atoms with Crippen LogP contribution in [0.5, 0.6) is 0 Å². The Morgan fingerprint density at radius 2 is 0.846 bits per heavy atom. The molecule has 0 spiro atoms. The van der Waals surface area contributed by atoms with Crippen LogP contribution in [0.3, 0.4) is 0 Å². The molecule has 0 saturated carbocycles. The monoisotopic (exact) mass is 345 g/mol. The molecule has 0 aromatic heterocycles. The van der Waals surface area contributed by atoms with Crippen molar-refractivity contribution in [3.63, 3.8) is 0 Å². The minimum absolute atomic E-state index is 0.0324. The van der Waals surface area contributed by atoms with Crippen LogP contribution in [0.15, 0.2) is 0 Å². The minimum atomic E-state index is -1.09. The predicted octanol–water partition coefficient (Wildman–Crippen LogP) is 2.96. The molecule has 0 unspecified atom stereocenters. The molecular formula is C25H17Si. The van der Waals surface area contributed by atoms with E-state index < -0.39 is 8.80 Å². The lowest BCUT2D eigenvalue weighted by molar-refractivity contribution is 0.820. The number of hydrogen-bond donors (Lipinski definition) is 0. The molecule has 0 fully saturated rings. The summed E-state index contributed by atoms with van der Waals surface area (Å²) in [6.45, 7) is 0. The molecule has 2 heterocycles. The van der Waals surface area contributed by atoms with Crippen LogP contribution in [0, 0.1) is 99.9 Å². The first kappa shape index (κ1) is 19.0. The highest BCUT2D eigenvalue weighted by molar-refractivity contribution is 6.75. The van der Waals surface area contributed by atoms with Gasteiger partial charge in [0.2, 0.25) is 8.80 Å². The second-order valence-electron chi connectivity index (χ2n) is 5.29. The van der Waals surface area contributed by atoms with E-state index in [4.69, 9.17) is 0 Å². The lowest BCUT2D eigenvalue weighted by Crippen LogP contribution is -2.10. The van der Waals surface area contributed by atoms with Crippen molar-refractivity contribution < 1.29 is 0 Å². The molecule has 121 valence electrons. The van der Waals surface area contributed by atoms with Gasteiger partial charge in [-0.3, -0.25) is 0 Å². The number of rotatable bonds is 0. The van der Waals surface area contributed by atoms with Crippen molar-refractivity contribution in [3.05, 3.63) is 0 Å². The Morgan fingerprint density at radius 1 is 0.462 bits per heavy atom. The summed E-state index contributed by atoms with van der Waals surface area (Å²) in [7, 11) is -1.09. The second kappa shape index (κ2) is 13.0. The Hall–Kier alpha value is -3.30. The summed E-state index contributed by atoms with van der Waals surface area (Å²) in [5.74, 6) is 43.4. The molecule has 26 heavy (non-hydrogen) atoms. The molecule has 2 rings (SSSR count). The summed E-state index contributed by atoms with van der Waals surface area (Å²) in [5, 5.41) is 0. The summed E-state index contributed by atoms with van der Waals surface area (Å²) in [4.78, 5) is 0.